The van der Waals surface area contributed by atoms with Crippen LogP contribution in [0.15, 0.2) is 54.9 Å². The topological polar surface area (TPSA) is 63.1 Å². The third-order valence-corrected chi connectivity index (χ3v) is 6.46. The van der Waals surface area contributed by atoms with E-state index in [9.17, 15) is 9.18 Å². The molecule has 2 aromatic heterocycles. The van der Waals surface area contributed by atoms with Crippen LogP contribution in [0.3, 0.4) is 0 Å². The average Bonchev–Trinajstić information content (AvgIpc) is 3.42. The van der Waals surface area contributed by atoms with Crippen molar-refractivity contribution >= 4 is 16.8 Å². The highest BCUT2D eigenvalue weighted by Gasteiger charge is 2.28. The van der Waals surface area contributed by atoms with Crippen molar-refractivity contribution in [2.75, 3.05) is 20.2 Å². The molecule has 7 heteroatoms. The number of likely N-dealkylation sites (tertiary alicyclic amines) is 1. The minimum atomic E-state index is -0.367. The van der Waals surface area contributed by atoms with Gasteiger partial charge in [0.05, 0.1) is 24.6 Å². The molecule has 1 fully saturated rings. The second-order valence-electron chi connectivity index (χ2n) is 8.23. The van der Waals surface area contributed by atoms with Crippen LogP contribution < -0.4 is 4.74 Å². The molecular formula is C25H25FN4O2. The number of rotatable bonds is 4. The van der Waals surface area contributed by atoms with Gasteiger partial charge < -0.3 is 14.6 Å². The summed E-state index contributed by atoms with van der Waals surface area (Å²) < 4.78 is 21.1. The standard InChI is InChI=1S/C25H25FN4O2/c1-16-20(15-28-30(16)24-6-4-3-5-22(24)26)25(31)29-11-9-17(10-12-29)21-14-27-23-8-7-18(32-2)13-19(21)23/h3-8,13-15,17,27H,9-12H2,1-2H3. The Balaban J connectivity index is 1.32. The quantitative estimate of drug-likeness (QED) is 0.502. The van der Waals surface area contributed by atoms with E-state index in [0.717, 1.165) is 24.1 Å². The molecule has 2 aromatic carbocycles. The Morgan fingerprint density at radius 3 is 2.72 bits per heavy atom. The van der Waals surface area contributed by atoms with Crippen LogP contribution in [-0.4, -0.2) is 45.8 Å². The fourth-order valence-electron chi connectivity index (χ4n) is 4.64. The van der Waals surface area contributed by atoms with Crippen LogP contribution in [0.1, 0.15) is 40.4 Å². The van der Waals surface area contributed by atoms with Crippen molar-refractivity contribution in [3.05, 3.63) is 77.5 Å². The molecule has 1 aliphatic rings. The molecule has 1 saturated heterocycles. The first-order valence-electron chi connectivity index (χ1n) is 10.8. The van der Waals surface area contributed by atoms with Crippen molar-refractivity contribution in [3.63, 3.8) is 0 Å². The number of nitrogens with zero attached hydrogens (tertiary/aromatic N) is 3. The molecule has 32 heavy (non-hydrogen) atoms. The van der Waals surface area contributed by atoms with Crippen molar-refractivity contribution in [1.29, 1.82) is 0 Å². The summed E-state index contributed by atoms with van der Waals surface area (Å²) in [7, 11) is 1.67. The van der Waals surface area contributed by atoms with E-state index in [1.807, 2.05) is 17.0 Å². The van der Waals surface area contributed by atoms with Gasteiger partial charge in [0, 0.05) is 30.2 Å². The maximum absolute atomic E-state index is 14.2. The van der Waals surface area contributed by atoms with E-state index < -0.39 is 0 Å². The van der Waals surface area contributed by atoms with Gasteiger partial charge in [-0.25, -0.2) is 9.07 Å². The van der Waals surface area contributed by atoms with Crippen molar-refractivity contribution in [1.82, 2.24) is 19.7 Å². The fraction of sp³-hybridized carbons (Fsp3) is 0.280. The summed E-state index contributed by atoms with van der Waals surface area (Å²) in [5.41, 5.74) is 3.87. The minimum Gasteiger partial charge on any atom is -0.497 e. The average molecular weight is 432 g/mol. The van der Waals surface area contributed by atoms with Gasteiger partial charge in [-0.3, -0.25) is 4.79 Å². The zero-order valence-corrected chi connectivity index (χ0v) is 18.1. The molecule has 0 aliphatic carbocycles. The van der Waals surface area contributed by atoms with Crippen LogP contribution in [0.25, 0.3) is 16.6 Å². The first kappa shape index (κ1) is 20.3. The first-order valence-corrected chi connectivity index (χ1v) is 10.8. The summed E-state index contributed by atoms with van der Waals surface area (Å²) in [6.07, 6.45) is 5.39. The lowest BCUT2D eigenvalue weighted by Gasteiger charge is -2.32. The molecule has 1 aliphatic heterocycles. The molecule has 0 radical (unpaired) electrons. The molecule has 0 spiro atoms. The number of ether oxygens (including phenoxy) is 1. The summed E-state index contributed by atoms with van der Waals surface area (Å²) >= 11 is 0. The SMILES string of the molecule is COc1ccc2[nH]cc(C3CCN(C(=O)c4cnn(-c5ccccc5F)c4C)CC3)c2c1. The number of benzene rings is 2. The summed E-state index contributed by atoms with van der Waals surface area (Å²) in [5, 5.41) is 5.46. The van der Waals surface area contributed by atoms with Crippen molar-refractivity contribution in [3.8, 4) is 11.4 Å². The largest absolute Gasteiger partial charge is 0.497 e. The van der Waals surface area contributed by atoms with Crippen LogP contribution in [0.2, 0.25) is 0 Å². The van der Waals surface area contributed by atoms with Gasteiger partial charge in [-0.05, 0) is 61.6 Å². The number of para-hydroxylation sites is 1. The molecule has 0 bridgehead atoms. The molecule has 0 atom stereocenters. The van der Waals surface area contributed by atoms with E-state index in [1.165, 1.54) is 21.7 Å². The van der Waals surface area contributed by atoms with E-state index in [2.05, 4.69) is 22.3 Å². The molecule has 1 amide bonds. The lowest BCUT2D eigenvalue weighted by molar-refractivity contribution is 0.0712. The highest BCUT2D eigenvalue weighted by Crippen LogP contribution is 2.35. The molecule has 3 heterocycles. The first-order chi connectivity index (χ1) is 15.6. The summed E-state index contributed by atoms with van der Waals surface area (Å²) in [4.78, 5) is 18.4. The van der Waals surface area contributed by atoms with Gasteiger partial charge in [0.25, 0.3) is 5.91 Å². The Hall–Kier alpha value is -3.61. The van der Waals surface area contributed by atoms with E-state index in [1.54, 1.807) is 38.4 Å². The van der Waals surface area contributed by atoms with E-state index in [0.29, 0.717) is 36.0 Å². The van der Waals surface area contributed by atoms with Crippen LogP contribution in [-0.2, 0) is 0 Å². The molecule has 164 valence electrons. The predicted octanol–water partition coefficient (Wildman–Crippen LogP) is 4.83. The second-order valence-corrected chi connectivity index (χ2v) is 8.23. The van der Waals surface area contributed by atoms with E-state index in [-0.39, 0.29) is 11.7 Å². The number of hydrogen-bond acceptors (Lipinski definition) is 3. The summed E-state index contributed by atoms with van der Waals surface area (Å²) in [6.45, 7) is 3.15. The molecule has 0 saturated carbocycles. The van der Waals surface area contributed by atoms with Gasteiger partial charge in [0.2, 0.25) is 0 Å². The monoisotopic (exact) mass is 432 g/mol. The number of carbonyl (C=O) groups is 1. The number of carbonyl (C=O) groups excluding carboxylic acids is 1. The number of halogens is 1. The predicted molar refractivity (Wildman–Crippen MR) is 121 cm³/mol. The van der Waals surface area contributed by atoms with Gasteiger partial charge in [-0.15, -0.1) is 0 Å². The molecule has 4 aromatic rings. The molecular weight excluding hydrogens is 407 g/mol. The lowest BCUT2D eigenvalue weighted by Crippen LogP contribution is -2.38. The maximum atomic E-state index is 14.2. The van der Waals surface area contributed by atoms with Crippen LogP contribution >= 0.6 is 0 Å². The number of methoxy groups -OCH3 is 1. The summed E-state index contributed by atoms with van der Waals surface area (Å²) in [6, 6.07) is 12.5. The molecule has 1 N–H and O–H groups in total. The highest BCUT2D eigenvalue weighted by atomic mass is 19.1. The number of fused-ring (bicyclic) bond motifs is 1. The molecule has 6 nitrogen and oxygen atoms in total. The highest BCUT2D eigenvalue weighted by molar-refractivity contribution is 5.95. The Kier molecular flexibility index (Phi) is 5.17. The Morgan fingerprint density at radius 1 is 1.19 bits per heavy atom. The number of aromatic nitrogens is 3. The number of piperidine rings is 1. The number of nitrogens with one attached hydrogen (secondary N) is 1. The Bertz CT molecular complexity index is 1280. The third kappa shape index (κ3) is 3.43. The smallest absolute Gasteiger partial charge is 0.257 e. The number of hydrogen-bond donors (Lipinski definition) is 1. The number of amides is 1. The third-order valence-electron chi connectivity index (χ3n) is 6.46. The lowest BCUT2D eigenvalue weighted by atomic mass is 9.89. The van der Waals surface area contributed by atoms with Crippen molar-refractivity contribution < 1.29 is 13.9 Å². The van der Waals surface area contributed by atoms with Crippen molar-refractivity contribution in [2.45, 2.75) is 25.7 Å². The van der Waals surface area contributed by atoms with E-state index in [4.69, 9.17) is 4.74 Å². The number of aromatic amines is 1. The van der Waals surface area contributed by atoms with Gasteiger partial charge in [-0.1, -0.05) is 12.1 Å². The zero-order chi connectivity index (χ0) is 22.2. The molecule has 0 unspecified atom stereocenters. The van der Waals surface area contributed by atoms with Gasteiger partial charge in [0.1, 0.15) is 17.3 Å². The zero-order valence-electron chi connectivity index (χ0n) is 18.1. The normalized spacial score (nSPS) is 14.8. The van der Waals surface area contributed by atoms with Crippen LogP contribution in [0.5, 0.6) is 5.75 Å². The Labute approximate surface area is 185 Å². The Morgan fingerprint density at radius 2 is 1.97 bits per heavy atom. The van der Waals surface area contributed by atoms with Gasteiger partial charge in [-0.2, -0.15) is 5.10 Å². The van der Waals surface area contributed by atoms with E-state index >= 15 is 0 Å². The minimum absolute atomic E-state index is 0.0517. The van der Waals surface area contributed by atoms with Gasteiger partial charge >= 0.3 is 0 Å². The maximum Gasteiger partial charge on any atom is 0.257 e. The second kappa shape index (κ2) is 8.15. The van der Waals surface area contributed by atoms with Gasteiger partial charge in [0.15, 0.2) is 0 Å². The summed E-state index contributed by atoms with van der Waals surface area (Å²) in [5.74, 6) is 0.799. The fourth-order valence-corrected chi connectivity index (χ4v) is 4.64. The van der Waals surface area contributed by atoms with Crippen molar-refractivity contribution in [2.24, 2.45) is 0 Å². The van der Waals surface area contributed by atoms with Crippen LogP contribution in [0.4, 0.5) is 4.39 Å². The number of H-pyrrole nitrogens is 1. The molecule has 5 rings (SSSR count). The van der Waals surface area contributed by atoms with Crippen LogP contribution in [0, 0.1) is 12.7 Å².